The van der Waals surface area contributed by atoms with E-state index < -0.39 is 5.92 Å². The number of benzene rings is 2. The molecule has 1 atom stereocenters. The predicted molar refractivity (Wildman–Crippen MR) is 144 cm³/mol. The fourth-order valence-corrected chi connectivity index (χ4v) is 5.62. The molecule has 2 aliphatic rings. The number of nitrogens with zero attached hydrogens (tertiary/aromatic N) is 3. The molecule has 2 N–H and O–H groups in total. The molecule has 1 aromatic heterocycles. The maximum absolute atomic E-state index is 13.3. The Morgan fingerprint density at radius 3 is 2.63 bits per heavy atom. The van der Waals surface area contributed by atoms with Gasteiger partial charge in [0.05, 0.1) is 25.8 Å². The summed E-state index contributed by atoms with van der Waals surface area (Å²) in [6, 6.07) is 14.7. The van der Waals surface area contributed by atoms with Gasteiger partial charge in [0.25, 0.3) is 0 Å². The molecule has 2 aliphatic heterocycles. The highest BCUT2D eigenvalue weighted by molar-refractivity contribution is 7.98. The summed E-state index contributed by atoms with van der Waals surface area (Å²) in [5.41, 5.74) is 3.44. The lowest BCUT2D eigenvalue weighted by Crippen LogP contribution is -2.31. The van der Waals surface area contributed by atoms with Crippen LogP contribution in [0, 0.1) is 5.92 Å². The van der Waals surface area contributed by atoms with E-state index in [-0.39, 0.29) is 37.2 Å². The van der Waals surface area contributed by atoms with Gasteiger partial charge in [-0.1, -0.05) is 18.2 Å². The summed E-state index contributed by atoms with van der Waals surface area (Å²) in [7, 11) is 3.18. The SMILES string of the molecule is COc1ccc(CNC(=O)Cn2nc3c(c2NC(=O)C2CC(=O)N(c4cccc(OC)c4)C2)CSC3)cc1. The number of aromatic nitrogens is 2. The molecule has 5 rings (SSSR count). The Labute approximate surface area is 224 Å². The van der Waals surface area contributed by atoms with E-state index in [1.807, 2.05) is 36.4 Å². The number of thioether (sulfide) groups is 1. The summed E-state index contributed by atoms with van der Waals surface area (Å²) < 4.78 is 12.0. The maximum atomic E-state index is 13.3. The molecule has 3 aromatic rings. The second kappa shape index (κ2) is 11.2. The third-order valence-electron chi connectivity index (χ3n) is 6.66. The first-order valence-corrected chi connectivity index (χ1v) is 13.4. The van der Waals surface area contributed by atoms with Crippen LogP contribution < -0.4 is 25.0 Å². The van der Waals surface area contributed by atoms with Crippen molar-refractivity contribution in [2.75, 3.05) is 31.0 Å². The van der Waals surface area contributed by atoms with Crippen molar-refractivity contribution in [3.63, 3.8) is 0 Å². The Bertz CT molecular complexity index is 1360. The number of ether oxygens (including phenoxy) is 2. The van der Waals surface area contributed by atoms with Crippen molar-refractivity contribution in [3.05, 3.63) is 65.4 Å². The Kier molecular flexibility index (Phi) is 7.54. The van der Waals surface area contributed by atoms with Gasteiger partial charge in [-0.15, -0.1) is 0 Å². The highest BCUT2D eigenvalue weighted by Crippen LogP contribution is 2.35. The molecule has 0 radical (unpaired) electrons. The van der Waals surface area contributed by atoms with Crippen LogP contribution >= 0.6 is 11.8 Å². The largest absolute Gasteiger partial charge is 0.497 e. The molecule has 38 heavy (non-hydrogen) atoms. The smallest absolute Gasteiger partial charge is 0.242 e. The van der Waals surface area contributed by atoms with Crippen LogP contribution in [0.2, 0.25) is 0 Å². The molecule has 2 aromatic carbocycles. The van der Waals surface area contributed by atoms with Gasteiger partial charge < -0.3 is 25.0 Å². The first kappa shape index (κ1) is 25.7. The highest BCUT2D eigenvalue weighted by Gasteiger charge is 2.36. The number of hydrogen-bond donors (Lipinski definition) is 2. The lowest BCUT2D eigenvalue weighted by atomic mass is 10.1. The molecule has 198 valence electrons. The molecule has 1 fully saturated rings. The number of hydrogen-bond acceptors (Lipinski definition) is 7. The molecular weight excluding hydrogens is 506 g/mol. The predicted octanol–water partition coefficient (Wildman–Crippen LogP) is 2.96. The van der Waals surface area contributed by atoms with E-state index in [2.05, 4.69) is 15.7 Å². The van der Waals surface area contributed by atoms with E-state index in [0.717, 1.165) is 28.3 Å². The molecule has 3 amide bonds. The van der Waals surface area contributed by atoms with Crippen LogP contribution in [-0.4, -0.2) is 48.3 Å². The highest BCUT2D eigenvalue weighted by atomic mass is 32.2. The van der Waals surface area contributed by atoms with Crippen molar-refractivity contribution in [1.29, 1.82) is 0 Å². The Hall–Kier alpha value is -3.99. The van der Waals surface area contributed by atoms with Gasteiger partial charge in [0, 0.05) is 48.3 Å². The van der Waals surface area contributed by atoms with E-state index in [9.17, 15) is 14.4 Å². The summed E-state index contributed by atoms with van der Waals surface area (Å²) in [4.78, 5) is 40.4. The summed E-state index contributed by atoms with van der Waals surface area (Å²) >= 11 is 1.71. The van der Waals surface area contributed by atoms with Gasteiger partial charge in [0.1, 0.15) is 23.9 Å². The molecule has 1 unspecified atom stereocenters. The van der Waals surface area contributed by atoms with Crippen LogP contribution in [0.1, 0.15) is 23.2 Å². The number of anilines is 2. The lowest BCUT2D eigenvalue weighted by Gasteiger charge is -2.18. The van der Waals surface area contributed by atoms with Gasteiger partial charge in [-0.2, -0.15) is 16.9 Å². The van der Waals surface area contributed by atoms with Gasteiger partial charge >= 0.3 is 0 Å². The van der Waals surface area contributed by atoms with E-state index in [1.54, 1.807) is 47.7 Å². The van der Waals surface area contributed by atoms with E-state index >= 15 is 0 Å². The first-order chi connectivity index (χ1) is 18.4. The fraction of sp³-hybridized carbons (Fsp3) is 0.333. The topological polar surface area (TPSA) is 115 Å². The fourth-order valence-electron chi connectivity index (χ4n) is 4.59. The van der Waals surface area contributed by atoms with Crippen molar-refractivity contribution in [2.45, 2.75) is 31.0 Å². The van der Waals surface area contributed by atoms with Gasteiger partial charge in [-0.3, -0.25) is 14.4 Å². The number of rotatable bonds is 9. The van der Waals surface area contributed by atoms with Crippen LogP contribution in [0.25, 0.3) is 0 Å². The van der Waals surface area contributed by atoms with Gasteiger partial charge in [0.15, 0.2) is 0 Å². The second-order valence-corrected chi connectivity index (χ2v) is 10.1. The molecule has 0 aliphatic carbocycles. The molecule has 0 saturated carbocycles. The molecule has 0 bridgehead atoms. The molecule has 0 spiro atoms. The standard InChI is InChI=1S/C27H29N5O5S/c1-36-20-8-6-17(7-9-20)12-28-24(33)14-32-26(22-15-38-16-23(22)30-32)29-27(35)18-10-25(34)31(13-18)19-4-3-5-21(11-19)37-2/h3-9,11,18H,10,12-16H2,1-2H3,(H,28,33)(H,29,35). The monoisotopic (exact) mass is 535 g/mol. The average Bonchev–Trinajstić information content (AvgIpc) is 3.64. The minimum Gasteiger partial charge on any atom is -0.497 e. The lowest BCUT2D eigenvalue weighted by molar-refractivity contribution is -0.122. The minimum absolute atomic E-state index is 0.0248. The van der Waals surface area contributed by atoms with Crippen LogP contribution in [0.5, 0.6) is 11.5 Å². The number of amides is 3. The summed E-state index contributed by atoms with van der Waals surface area (Å²) in [6.07, 6.45) is 0.108. The van der Waals surface area contributed by atoms with E-state index in [0.29, 0.717) is 29.6 Å². The van der Waals surface area contributed by atoms with Gasteiger partial charge in [-0.25, -0.2) is 4.68 Å². The molecule has 10 nitrogen and oxygen atoms in total. The van der Waals surface area contributed by atoms with Crippen LogP contribution in [0.15, 0.2) is 48.5 Å². The molecule has 3 heterocycles. The van der Waals surface area contributed by atoms with Gasteiger partial charge in [0.2, 0.25) is 17.7 Å². The van der Waals surface area contributed by atoms with Crippen LogP contribution in [0.3, 0.4) is 0 Å². The Balaban J connectivity index is 1.25. The van der Waals surface area contributed by atoms with Crippen molar-refractivity contribution in [1.82, 2.24) is 15.1 Å². The molecule has 1 saturated heterocycles. The molecule has 11 heteroatoms. The zero-order valence-corrected chi connectivity index (χ0v) is 22.0. The van der Waals surface area contributed by atoms with Crippen molar-refractivity contribution < 1.29 is 23.9 Å². The maximum Gasteiger partial charge on any atom is 0.242 e. The zero-order valence-electron chi connectivity index (χ0n) is 21.2. The van der Waals surface area contributed by atoms with Crippen molar-refractivity contribution in [2.24, 2.45) is 5.92 Å². The molecular formula is C27H29N5O5S. The summed E-state index contributed by atoms with van der Waals surface area (Å²) in [5, 5.41) is 10.5. The van der Waals surface area contributed by atoms with E-state index in [4.69, 9.17) is 9.47 Å². The number of nitrogens with one attached hydrogen (secondary N) is 2. The second-order valence-electron chi connectivity index (χ2n) is 9.15. The Morgan fingerprint density at radius 2 is 1.87 bits per heavy atom. The van der Waals surface area contributed by atoms with Crippen LogP contribution in [-0.2, 0) is 39.0 Å². The third kappa shape index (κ3) is 5.47. The quantitative estimate of drug-likeness (QED) is 0.433. The Morgan fingerprint density at radius 1 is 1.08 bits per heavy atom. The average molecular weight is 536 g/mol. The zero-order chi connectivity index (χ0) is 26.6. The third-order valence-corrected chi connectivity index (χ3v) is 7.63. The van der Waals surface area contributed by atoms with Crippen molar-refractivity contribution >= 4 is 41.0 Å². The summed E-state index contributed by atoms with van der Waals surface area (Å²) in [6.45, 7) is 0.611. The van der Waals surface area contributed by atoms with Crippen molar-refractivity contribution in [3.8, 4) is 11.5 Å². The van der Waals surface area contributed by atoms with E-state index in [1.165, 1.54) is 0 Å². The normalized spacial score (nSPS) is 16.3. The van der Waals surface area contributed by atoms with Gasteiger partial charge in [-0.05, 0) is 29.8 Å². The summed E-state index contributed by atoms with van der Waals surface area (Å²) in [5.74, 6) is 2.24. The number of carbonyl (C=O) groups is 3. The first-order valence-electron chi connectivity index (χ1n) is 12.3. The minimum atomic E-state index is -0.523. The number of carbonyl (C=O) groups excluding carboxylic acids is 3. The number of methoxy groups -OCH3 is 2. The number of fused-ring (bicyclic) bond motifs is 1. The van der Waals surface area contributed by atoms with Crippen LogP contribution in [0.4, 0.5) is 11.5 Å².